The standard InChI is InChI=1S/C16H20ClNO2/c1-3-10-18-16(13-6-4-5-7-14(13)17)15-9-8-12(20-15)11-19-2/h4-9,16,18H,3,10-11H2,1-2H3. The number of hydrogen-bond donors (Lipinski definition) is 1. The van der Waals surface area contributed by atoms with Crippen LogP contribution in [-0.2, 0) is 11.3 Å². The lowest BCUT2D eigenvalue weighted by Gasteiger charge is -2.18. The van der Waals surface area contributed by atoms with Gasteiger partial charge in [0.15, 0.2) is 0 Å². The van der Waals surface area contributed by atoms with Gasteiger partial charge in [0.1, 0.15) is 18.1 Å². The highest BCUT2D eigenvalue weighted by Gasteiger charge is 2.19. The summed E-state index contributed by atoms with van der Waals surface area (Å²) >= 11 is 6.31. The maximum atomic E-state index is 6.31. The predicted molar refractivity (Wildman–Crippen MR) is 81.0 cm³/mol. The summed E-state index contributed by atoms with van der Waals surface area (Å²) in [4.78, 5) is 0. The number of ether oxygens (including phenoxy) is 1. The number of benzene rings is 1. The van der Waals surface area contributed by atoms with Gasteiger partial charge in [-0.25, -0.2) is 0 Å². The summed E-state index contributed by atoms with van der Waals surface area (Å²) in [5.74, 6) is 1.68. The molecule has 20 heavy (non-hydrogen) atoms. The number of methoxy groups -OCH3 is 1. The van der Waals surface area contributed by atoms with Crippen LogP contribution in [0.2, 0.25) is 5.02 Å². The van der Waals surface area contributed by atoms with Gasteiger partial charge in [0.2, 0.25) is 0 Å². The zero-order valence-electron chi connectivity index (χ0n) is 11.9. The van der Waals surface area contributed by atoms with Crippen LogP contribution in [-0.4, -0.2) is 13.7 Å². The molecule has 2 aromatic rings. The van der Waals surface area contributed by atoms with Gasteiger partial charge >= 0.3 is 0 Å². The van der Waals surface area contributed by atoms with Crippen molar-refractivity contribution >= 4 is 11.6 Å². The minimum atomic E-state index is -0.0331. The van der Waals surface area contributed by atoms with Gasteiger partial charge in [-0.3, -0.25) is 0 Å². The number of furan rings is 1. The molecule has 2 rings (SSSR count). The molecule has 0 fully saturated rings. The fourth-order valence-corrected chi connectivity index (χ4v) is 2.38. The van der Waals surface area contributed by atoms with Crippen LogP contribution >= 0.6 is 11.6 Å². The fraction of sp³-hybridized carbons (Fsp3) is 0.375. The first-order valence-corrected chi connectivity index (χ1v) is 7.19. The smallest absolute Gasteiger partial charge is 0.129 e. The van der Waals surface area contributed by atoms with Crippen LogP contribution < -0.4 is 5.32 Å². The molecule has 1 N–H and O–H groups in total. The third-order valence-corrected chi connectivity index (χ3v) is 3.41. The predicted octanol–water partition coefficient (Wildman–Crippen LogP) is 4.17. The Labute approximate surface area is 124 Å². The van der Waals surface area contributed by atoms with Gasteiger partial charge in [0.25, 0.3) is 0 Å². The molecule has 0 radical (unpaired) electrons. The van der Waals surface area contributed by atoms with E-state index in [0.717, 1.165) is 35.1 Å². The zero-order valence-corrected chi connectivity index (χ0v) is 12.6. The van der Waals surface area contributed by atoms with Gasteiger partial charge in [-0.1, -0.05) is 36.7 Å². The van der Waals surface area contributed by atoms with E-state index in [1.165, 1.54) is 0 Å². The Balaban J connectivity index is 2.29. The molecular weight excluding hydrogens is 274 g/mol. The van der Waals surface area contributed by atoms with Gasteiger partial charge in [-0.15, -0.1) is 0 Å². The van der Waals surface area contributed by atoms with E-state index in [9.17, 15) is 0 Å². The van der Waals surface area contributed by atoms with Crippen LogP contribution in [0.5, 0.6) is 0 Å². The Hall–Kier alpha value is -1.29. The molecule has 0 spiro atoms. The van der Waals surface area contributed by atoms with Crippen LogP contribution in [0.3, 0.4) is 0 Å². The molecule has 1 aromatic heterocycles. The molecule has 0 aliphatic carbocycles. The summed E-state index contributed by atoms with van der Waals surface area (Å²) in [6.07, 6.45) is 1.05. The number of hydrogen-bond acceptors (Lipinski definition) is 3. The molecule has 3 nitrogen and oxygen atoms in total. The maximum Gasteiger partial charge on any atom is 0.129 e. The monoisotopic (exact) mass is 293 g/mol. The van der Waals surface area contributed by atoms with E-state index in [4.69, 9.17) is 20.8 Å². The third-order valence-electron chi connectivity index (χ3n) is 3.07. The Kier molecular flexibility index (Phi) is 5.65. The SMILES string of the molecule is CCCNC(c1ccc(COC)o1)c1ccccc1Cl. The van der Waals surface area contributed by atoms with Gasteiger partial charge < -0.3 is 14.5 Å². The van der Waals surface area contributed by atoms with Crippen LogP contribution in [0.25, 0.3) is 0 Å². The third kappa shape index (κ3) is 3.63. The molecule has 0 saturated heterocycles. The summed E-state index contributed by atoms with van der Waals surface area (Å²) in [6, 6.07) is 11.7. The molecule has 0 saturated carbocycles. The van der Waals surface area contributed by atoms with E-state index in [1.54, 1.807) is 7.11 Å². The first-order chi connectivity index (χ1) is 9.76. The Bertz CT molecular complexity index is 539. The summed E-state index contributed by atoms with van der Waals surface area (Å²) in [6.45, 7) is 3.51. The highest BCUT2D eigenvalue weighted by Crippen LogP contribution is 2.29. The van der Waals surface area contributed by atoms with Crippen molar-refractivity contribution < 1.29 is 9.15 Å². The first kappa shape index (κ1) is 15.1. The van der Waals surface area contributed by atoms with Crippen molar-refractivity contribution in [3.05, 3.63) is 58.5 Å². The minimum Gasteiger partial charge on any atom is -0.462 e. The van der Waals surface area contributed by atoms with Crippen molar-refractivity contribution in [3.8, 4) is 0 Å². The normalized spacial score (nSPS) is 12.6. The second kappa shape index (κ2) is 7.48. The number of rotatable bonds is 7. The van der Waals surface area contributed by atoms with E-state index < -0.39 is 0 Å². The number of halogens is 1. The van der Waals surface area contributed by atoms with E-state index in [2.05, 4.69) is 12.2 Å². The van der Waals surface area contributed by atoms with Crippen molar-refractivity contribution in [3.63, 3.8) is 0 Å². The molecule has 1 aromatic carbocycles. The first-order valence-electron chi connectivity index (χ1n) is 6.81. The van der Waals surface area contributed by atoms with Gasteiger partial charge in [0, 0.05) is 12.1 Å². The van der Waals surface area contributed by atoms with Crippen molar-refractivity contribution in [2.45, 2.75) is 26.0 Å². The van der Waals surface area contributed by atoms with Crippen molar-refractivity contribution in [2.24, 2.45) is 0 Å². The largest absolute Gasteiger partial charge is 0.462 e. The summed E-state index contributed by atoms with van der Waals surface area (Å²) in [5.41, 5.74) is 1.03. The fourth-order valence-electron chi connectivity index (χ4n) is 2.13. The molecular formula is C16H20ClNO2. The molecule has 0 aliphatic rings. The molecule has 1 unspecified atom stereocenters. The Morgan fingerprint density at radius 3 is 2.75 bits per heavy atom. The highest BCUT2D eigenvalue weighted by atomic mass is 35.5. The molecule has 0 amide bonds. The molecule has 0 aliphatic heterocycles. The summed E-state index contributed by atoms with van der Waals surface area (Å²) in [7, 11) is 1.66. The van der Waals surface area contributed by atoms with Crippen LogP contribution in [0, 0.1) is 0 Å². The summed E-state index contributed by atoms with van der Waals surface area (Å²) in [5, 5.41) is 4.22. The molecule has 1 atom stereocenters. The van der Waals surface area contributed by atoms with Crippen LogP contribution in [0.4, 0.5) is 0 Å². The van der Waals surface area contributed by atoms with E-state index in [1.807, 2.05) is 36.4 Å². The second-order valence-electron chi connectivity index (χ2n) is 4.65. The van der Waals surface area contributed by atoms with Crippen molar-refractivity contribution in [1.82, 2.24) is 5.32 Å². The van der Waals surface area contributed by atoms with Gasteiger partial charge in [-0.2, -0.15) is 0 Å². The van der Waals surface area contributed by atoms with Crippen LogP contribution in [0.1, 0.15) is 36.5 Å². The molecule has 1 heterocycles. The van der Waals surface area contributed by atoms with Crippen molar-refractivity contribution in [2.75, 3.05) is 13.7 Å². The lowest BCUT2D eigenvalue weighted by Crippen LogP contribution is -2.23. The molecule has 0 bridgehead atoms. The number of nitrogens with one attached hydrogen (secondary N) is 1. The van der Waals surface area contributed by atoms with E-state index in [0.29, 0.717) is 6.61 Å². The van der Waals surface area contributed by atoms with Gasteiger partial charge in [0.05, 0.1) is 6.04 Å². The highest BCUT2D eigenvalue weighted by molar-refractivity contribution is 6.31. The van der Waals surface area contributed by atoms with Gasteiger partial charge in [-0.05, 0) is 36.7 Å². The topological polar surface area (TPSA) is 34.4 Å². The quantitative estimate of drug-likeness (QED) is 0.832. The minimum absolute atomic E-state index is 0.0331. The van der Waals surface area contributed by atoms with E-state index >= 15 is 0 Å². The molecule has 108 valence electrons. The second-order valence-corrected chi connectivity index (χ2v) is 5.05. The zero-order chi connectivity index (χ0) is 14.4. The lowest BCUT2D eigenvalue weighted by molar-refractivity contribution is 0.162. The maximum absolute atomic E-state index is 6.31. The molecule has 4 heteroatoms. The van der Waals surface area contributed by atoms with Crippen LogP contribution in [0.15, 0.2) is 40.8 Å². The lowest BCUT2D eigenvalue weighted by atomic mass is 10.0. The average Bonchev–Trinajstić information content (AvgIpc) is 2.90. The average molecular weight is 294 g/mol. The Morgan fingerprint density at radius 2 is 2.05 bits per heavy atom. The summed E-state index contributed by atoms with van der Waals surface area (Å²) < 4.78 is 10.9. The Morgan fingerprint density at radius 1 is 1.25 bits per heavy atom. The van der Waals surface area contributed by atoms with Crippen molar-refractivity contribution in [1.29, 1.82) is 0 Å². The van der Waals surface area contributed by atoms with E-state index in [-0.39, 0.29) is 6.04 Å².